The number of carbonyl (C=O) groups is 4. The number of nitrogens with zero attached hydrogens (tertiary/aromatic N) is 4. The SMILES string of the molecule is CCCCCCCCNC(=O)N[C@@H](Cn1cc(-c2ccc(C(=O)N3CC[C@H](C(=O)N[C@H]4C[C@@H]4c4ccccc4)C3)cc2)nn1)C(=O)NCCCCCC. The third-order valence-electron chi connectivity index (χ3n) is 10.3. The van der Waals surface area contributed by atoms with Crippen LogP contribution in [0.15, 0.2) is 60.8 Å². The van der Waals surface area contributed by atoms with Gasteiger partial charge in [-0.1, -0.05) is 113 Å². The molecule has 4 atom stereocenters. The highest BCUT2D eigenvalue weighted by atomic mass is 16.2. The number of carbonyl (C=O) groups excluding carboxylic acids is 4. The van der Waals surface area contributed by atoms with Gasteiger partial charge in [-0.3, -0.25) is 14.4 Å². The van der Waals surface area contributed by atoms with E-state index in [1.165, 1.54) is 24.8 Å². The Hall–Kier alpha value is -4.74. The lowest BCUT2D eigenvalue weighted by Gasteiger charge is -2.19. The van der Waals surface area contributed by atoms with Crippen LogP contribution in [0.25, 0.3) is 11.3 Å². The molecule has 5 amide bonds. The lowest BCUT2D eigenvalue weighted by molar-refractivity contribution is -0.125. The zero-order valence-electron chi connectivity index (χ0n) is 31.5. The van der Waals surface area contributed by atoms with Crippen LogP contribution in [0.1, 0.15) is 113 Å². The van der Waals surface area contributed by atoms with E-state index in [0.29, 0.717) is 49.8 Å². The Morgan fingerprint density at radius 3 is 2.25 bits per heavy atom. The minimum absolute atomic E-state index is 0.0258. The summed E-state index contributed by atoms with van der Waals surface area (Å²) in [6.07, 6.45) is 14.2. The van der Waals surface area contributed by atoms with Gasteiger partial charge < -0.3 is 26.2 Å². The maximum Gasteiger partial charge on any atom is 0.315 e. The second-order valence-electron chi connectivity index (χ2n) is 14.6. The minimum atomic E-state index is -0.832. The van der Waals surface area contributed by atoms with Gasteiger partial charge in [0.2, 0.25) is 11.8 Å². The van der Waals surface area contributed by atoms with Gasteiger partial charge in [0, 0.05) is 49.3 Å². The third-order valence-corrected chi connectivity index (χ3v) is 10.3. The first-order chi connectivity index (χ1) is 25.9. The number of urea groups is 1. The van der Waals surface area contributed by atoms with Crippen LogP contribution in [0.2, 0.25) is 0 Å². The van der Waals surface area contributed by atoms with Crippen LogP contribution in [-0.2, 0) is 16.1 Å². The molecule has 2 aromatic carbocycles. The number of hydrogen-bond acceptors (Lipinski definition) is 6. The van der Waals surface area contributed by atoms with Gasteiger partial charge in [0.25, 0.3) is 5.91 Å². The lowest BCUT2D eigenvalue weighted by Crippen LogP contribution is -2.52. The van der Waals surface area contributed by atoms with Gasteiger partial charge >= 0.3 is 6.03 Å². The molecule has 0 spiro atoms. The molecule has 0 bridgehead atoms. The van der Waals surface area contributed by atoms with E-state index >= 15 is 0 Å². The zero-order chi connectivity index (χ0) is 37.4. The number of aromatic nitrogens is 3. The van der Waals surface area contributed by atoms with Gasteiger partial charge in [-0.2, -0.15) is 0 Å². The average Bonchev–Trinajstić information content (AvgIpc) is 3.51. The van der Waals surface area contributed by atoms with Crippen LogP contribution in [0.4, 0.5) is 4.79 Å². The summed E-state index contributed by atoms with van der Waals surface area (Å²) in [5.74, 6) is -0.181. The quantitative estimate of drug-likeness (QED) is 0.102. The Bertz CT molecular complexity index is 1610. The third kappa shape index (κ3) is 12.2. The topological polar surface area (TPSA) is 150 Å². The fraction of sp³-hybridized carbons (Fsp3) is 0.561. The van der Waals surface area contributed by atoms with Gasteiger partial charge in [-0.25, -0.2) is 9.48 Å². The smallest absolute Gasteiger partial charge is 0.315 e. The number of hydrogen-bond donors (Lipinski definition) is 4. The van der Waals surface area contributed by atoms with Crippen LogP contribution in [0.3, 0.4) is 0 Å². The van der Waals surface area contributed by atoms with Crippen molar-refractivity contribution in [1.29, 1.82) is 0 Å². The number of nitrogens with one attached hydrogen (secondary N) is 4. The minimum Gasteiger partial charge on any atom is -0.354 e. The van der Waals surface area contributed by atoms with E-state index in [0.717, 1.165) is 56.9 Å². The van der Waals surface area contributed by atoms with Crippen LogP contribution < -0.4 is 21.3 Å². The highest BCUT2D eigenvalue weighted by Gasteiger charge is 2.41. The number of unbranched alkanes of at least 4 members (excludes halogenated alkanes) is 8. The van der Waals surface area contributed by atoms with Gasteiger partial charge in [0.05, 0.1) is 18.7 Å². The van der Waals surface area contributed by atoms with Crippen molar-refractivity contribution in [2.45, 2.75) is 115 Å². The van der Waals surface area contributed by atoms with Crippen molar-refractivity contribution in [2.24, 2.45) is 5.92 Å². The molecule has 2 heterocycles. The first kappa shape index (κ1) is 39.5. The molecule has 0 radical (unpaired) electrons. The van der Waals surface area contributed by atoms with Crippen molar-refractivity contribution in [3.05, 3.63) is 71.9 Å². The first-order valence-corrected chi connectivity index (χ1v) is 19.8. The molecular formula is C41H58N8O4. The average molecular weight is 727 g/mol. The Morgan fingerprint density at radius 1 is 0.830 bits per heavy atom. The summed E-state index contributed by atoms with van der Waals surface area (Å²) in [5.41, 5.74) is 3.15. The van der Waals surface area contributed by atoms with E-state index in [1.807, 2.05) is 30.3 Å². The number of likely N-dealkylation sites (tertiary alicyclic amines) is 1. The van der Waals surface area contributed by atoms with Gasteiger partial charge in [-0.05, 0) is 43.4 Å². The Morgan fingerprint density at radius 2 is 1.51 bits per heavy atom. The van der Waals surface area contributed by atoms with E-state index in [-0.39, 0.29) is 42.3 Å². The highest BCUT2D eigenvalue weighted by Crippen LogP contribution is 2.41. The molecule has 12 heteroatoms. The maximum absolute atomic E-state index is 13.4. The van der Waals surface area contributed by atoms with Crippen molar-refractivity contribution in [3.63, 3.8) is 0 Å². The number of rotatable bonds is 21. The molecule has 12 nitrogen and oxygen atoms in total. The first-order valence-electron chi connectivity index (χ1n) is 19.8. The molecule has 3 aromatic rings. The van der Waals surface area contributed by atoms with Crippen molar-refractivity contribution >= 4 is 23.8 Å². The zero-order valence-corrected chi connectivity index (χ0v) is 31.5. The Balaban J connectivity index is 1.11. The Kier molecular flexibility index (Phi) is 15.3. The molecule has 286 valence electrons. The molecule has 1 aliphatic heterocycles. The largest absolute Gasteiger partial charge is 0.354 e. The fourth-order valence-electron chi connectivity index (χ4n) is 6.95. The van der Waals surface area contributed by atoms with Crippen molar-refractivity contribution in [1.82, 2.24) is 41.2 Å². The molecular weight excluding hydrogens is 669 g/mol. The van der Waals surface area contributed by atoms with E-state index < -0.39 is 6.04 Å². The molecule has 5 rings (SSSR count). The standard InChI is InChI=1S/C41H58N8O4/c1-3-5-7-9-10-15-24-43-41(53)45-37(39(51)42-23-14-8-6-4-2)29-49-28-36(46-47-49)31-18-20-32(21-19-31)40(52)48-25-22-33(27-48)38(50)44-35-26-34(35)30-16-12-11-13-17-30/h11-13,16-21,28,33-35,37H,3-10,14-15,22-27,29H2,1-2H3,(H,42,51)(H,44,50)(H2,43,45,53)/t33-,34+,35-,37-/m0/s1. The van der Waals surface area contributed by atoms with Crippen molar-refractivity contribution in [2.75, 3.05) is 26.2 Å². The summed E-state index contributed by atoms with van der Waals surface area (Å²) < 4.78 is 1.56. The number of amides is 5. The molecule has 0 unspecified atom stereocenters. The molecule has 4 N–H and O–H groups in total. The molecule has 2 aliphatic rings. The van der Waals surface area contributed by atoms with Crippen LogP contribution in [-0.4, -0.2) is 81.9 Å². The summed E-state index contributed by atoms with van der Waals surface area (Å²) in [6.45, 7) is 6.50. The van der Waals surface area contributed by atoms with Crippen molar-refractivity contribution < 1.29 is 19.2 Å². The molecule has 1 saturated heterocycles. The molecule has 2 fully saturated rings. The predicted molar refractivity (Wildman–Crippen MR) is 206 cm³/mol. The summed E-state index contributed by atoms with van der Waals surface area (Å²) >= 11 is 0. The van der Waals surface area contributed by atoms with Crippen LogP contribution in [0.5, 0.6) is 0 Å². The Labute approximate surface area is 314 Å². The molecule has 53 heavy (non-hydrogen) atoms. The summed E-state index contributed by atoms with van der Waals surface area (Å²) in [4.78, 5) is 54.1. The normalized spacial score (nSPS) is 18.3. The highest BCUT2D eigenvalue weighted by molar-refractivity contribution is 5.95. The van der Waals surface area contributed by atoms with Crippen LogP contribution in [0, 0.1) is 5.92 Å². The molecule has 1 saturated carbocycles. The van der Waals surface area contributed by atoms with Gasteiger partial charge in [-0.15, -0.1) is 5.10 Å². The number of benzene rings is 2. The second kappa shape index (κ2) is 20.5. The van der Waals surface area contributed by atoms with Crippen LogP contribution >= 0.6 is 0 Å². The summed E-state index contributed by atoms with van der Waals surface area (Å²) in [6, 6.07) is 16.4. The van der Waals surface area contributed by atoms with E-state index in [9.17, 15) is 19.2 Å². The molecule has 1 aliphatic carbocycles. The lowest BCUT2D eigenvalue weighted by atomic mass is 10.1. The summed E-state index contributed by atoms with van der Waals surface area (Å²) in [5, 5.41) is 20.5. The fourth-order valence-corrected chi connectivity index (χ4v) is 6.95. The van der Waals surface area contributed by atoms with E-state index in [2.05, 4.69) is 57.6 Å². The van der Waals surface area contributed by atoms with Gasteiger partial charge in [0.15, 0.2) is 0 Å². The van der Waals surface area contributed by atoms with Crippen molar-refractivity contribution in [3.8, 4) is 11.3 Å². The monoisotopic (exact) mass is 726 g/mol. The predicted octanol–water partition coefficient (Wildman–Crippen LogP) is 5.80. The van der Waals surface area contributed by atoms with E-state index in [4.69, 9.17) is 0 Å². The van der Waals surface area contributed by atoms with E-state index in [1.54, 1.807) is 27.9 Å². The maximum atomic E-state index is 13.4. The summed E-state index contributed by atoms with van der Waals surface area (Å²) in [7, 11) is 0. The second-order valence-corrected chi connectivity index (χ2v) is 14.6. The van der Waals surface area contributed by atoms with Gasteiger partial charge in [0.1, 0.15) is 11.7 Å². The molecule has 1 aromatic heterocycles.